The Morgan fingerprint density at radius 3 is 2.65 bits per heavy atom. The maximum Gasteiger partial charge on any atom is 0.352 e. The second-order valence-corrected chi connectivity index (χ2v) is 10.7. The van der Waals surface area contributed by atoms with Gasteiger partial charge in [0.15, 0.2) is 0 Å². The van der Waals surface area contributed by atoms with Crippen molar-refractivity contribution in [2.75, 3.05) is 0 Å². The SMILES string of the molecule is C[Si](C)(C)C#Cc1cc2cc(C(=O)O)[nH]c2s1. The van der Waals surface area contributed by atoms with Crippen molar-refractivity contribution in [3.63, 3.8) is 0 Å². The number of carbonyl (C=O) groups is 1. The van der Waals surface area contributed by atoms with Crippen LogP contribution in [0.1, 0.15) is 15.4 Å². The second kappa shape index (κ2) is 4.06. The molecule has 0 atom stereocenters. The van der Waals surface area contributed by atoms with E-state index in [4.69, 9.17) is 5.11 Å². The molecule has 17 heavy (non-hydrogen) atoms. The Morgan fingerprint density at radius 1 is 1.41 bits per heavy atom. The van der Waals surface area contributed by atoms with E-state index in [1.165, 1.54) is 11.3 Å². The maximum atomic E-state index is 10.8. The van der Waals surface area contributed by atoms with Gasteiger partial charge in [-0.2, -0.15) is 0 Å². The molecule has 0 aliphatic heterocycles. The first-order valence-corrected chi connectivity index (χ1v) is 9.56. The van der Waals surface area contributed by atoms with E-state index in [9.17, 15) is 4.79 Å². The summed E-state index contributed by atoms with van der Waals surface area (Å²) in [5, 5.41) is 9.76. The molecule has 0 aliphatic carbocycles. The van der Waals surface area contributed by atoms with Crippen molar-refractivity contribution >= 4 is 35.6 Å². The van der Waals surface area contributed by atoms with E-state index in [0.717, 1.165) is 15.1 Å². The Kier molecular flexibility index (Phi) is 2.85. The van der Waals surface area contributed by atoms with E-state index >= 15 is 0 Å². The number of aromatic carboxylic acids is 1. The van der Waals surface area contributed by atoms with Crippen molar-refractivity contribution < 1.29 is 9.90 Å². The monoisotopic (exact) mass is 263 g/mol. The topological polar surface area (TPSA) is 53.1 Å². The van der Waals surface area contributed by atoms with Crippen molar-refractivity contribution in [3.8, 4) is 11.5 Å². The summed E-state index contributed by atoms with van der Waals surface area (Å²) in [6.07, 6.45) is 0. The number of fused-ring (bicyclic) bond motifs is 1. The Morgan fingerprint density at radius 2 is 2.12 bits per heavy atom. The van der Waals surface area contributed by atoms with Crippen LogP contribution in [0.3, 0.4) is 0 Å². The number of aromatic nitrogens is 1. The van der Waals surface area contributed by atoms with E-state index in [1.54, 1.807) is 6.07 Å². The van der Waals surface area contributed by atoms with E-state index in [2.05, 4.69) is 36.1 Å². The lowest BCUT2D eigenvalue weighted by Gasteiger charge is -2.02. The minimum absolute atomic E-state index is 0.232. The zero-order valence-electron chi connectivity index (χ0n) is 9.92. The lowest BCUT2D eigenvalue weighted by Crippen LogP contribution is -2.16. The number of hydrogen-bond donors (Lipinski definition) is 2. The van der Waals surface area contributed by atoms with Gasteiger partial charge < -0.3 is 10.1 Å². The molecular formula is C12H13NO2SSi. The smallest absolute Gasteiger partial charge is 0.352 e. The first-order chi connectivity index (χ1) is 7.85. The van der Waals surface area contributed by atoms with Gasteiger partial charge in [0.25, 0.3) is 0 Å². The van der Waals surface area contributed by atoms with Crippen LogP contribution < -0.4 is 0 Å². The Labute approximate surface area is 104 Å². The fraction of sp³-hybridized carbons (Fsp3) is 0.250. The molecule has 2 heterocycles. The van der Waals surface area contributed by atoms with Crippen LogP contribution in [0.2, 0.25) is 19.6 Å². The molecule has 2 N–H and O–H groups in total. The lowest BCUT2D eigenvalue weighted by molar-refractivity contribution is 0.0691. The largest absolute Gasteiger partial charge is 0.477 e. The highest BCUT2D eigenvalue weighted by molar-refractivity contribution is 7.19. The normalized spacial score (nSPS) is 11.2. The third kappa shape index (κ3) is 2.78. The van der Waals surface area contributed by atoms with Gasteiger partial charge in [-0.25, -0.2) is 4.79 Å². The van der Waals surface area contributed by atoms with Gasteiger partial charge in [0, 0.05) is 5.39 Å². The van der Waals surface area contributed by atoms with Gasteiger partial charge in [-0.15, -0.1) is 16.9 Å². The van der Waals surface area contributed by atoms with Gasteiger partial charge >= 0.3 is 5.97 Å². The number of nitrogens with one attached hydrogen (secondary N) is 1. The molecule has 88 valence electrons. The standard InChI is InChI=1S/C12H13NO2SSi/c1-17(2,3)5-4-9-6-8-7-10(12(14)15)13-11(8)16-9/h6-7,13H,1-3H3,(H,14,15). The fourth-order valence-electron chi connectivity index (χ4n) is 1.35. The summed E-state index contributed by atoms with van der Waals surface area (Å²) in [5.74, 6) is 2.24. The van der Waals surface area contributed by atoms with Crippen molar-refractivity contribution in [3.05, 3.63) is 22.7 Å². The number of thiophene rings is 1. The third-order valence-electron chi connectivity index (χ3n) is 2.10. The van der Waals surface area contributed by atoms with Gasteiger partial charge in [-0.1, -0.05) is 25.6 Å². The quantitative estimate of drug-likeness (QED) is 0.613. The molecule has 0 unspecified atom stereocenters. The van der Waals surface area contributed by atoms with Crippen LogP contribution in [0.25, 0.3) is 10.2 Å². The molecule has 5 heteroatoms. The van der Waals surface area contributed by atoms with E-state index in [1.807, 2.05) is 6.07 Å². The maximum absolute atomic E-state index is 10.8. The summed E-state index contributed by atoms with van der Waals surface area (Å²) < 4.78 is 0. The summed E-state index contributed by atoms with van der Waals surface area (Å²) in [4.78, 5) is 15.5. The van der Waals surface area contributed by atoms with Gasteiger partial charge in [0.05, 0.1) is 4.88 Å². The summed E-state index contributed by atoms with van der Waals surface area (Å²) in [6, 6.07) is 3.59. The average molecular weight is 263 g/mol. The molecular weight excluding hydrogens is 250 g/mol. The number of aromatic amines is 1. The highest BCUT2D eigenvalue weighted by atomic mass is 32.1. The van der Waals surface area contributed by atoms with E-state index in [0.29, 0.717) is 0 Å². The molecule has 0 saturated heterocycles. The molecule has 0 radical (unpaired) electrons. The van der Waals surface area contributed by atoms with Crippen LogP contribution in [0.5, 0.6) is 0 Å². The van der Waals surface area contributed by atoms with Crippen molar-refractivity contribution in [1.82, 2.24) is 4.98 Å². The van der Waals surface area contributed by atoms with E-state index < -0.39 is 14.0 Å². The molecule has 2 aromatic heterocycles. The number of H-pyrrole nitrogens is 1. The van der Waals surface area contributed by atoms with Crippen LogP contribution in [-0.4, -0.2) is 24.1 Å². The number of hydrogen-bond acceptors (Lipinski definition) is 2. The van der Waals surface area contributed by atoms with Crippen molar-refractivity contribution in [2.24, 2.45) is 0 Å². The Balaban J connectivity index is 2.36. The van der Waals surface area contributed by atoms with Crippen LogP contribution in [0.15, 0.2) is 12.1 Å². The third-order valence-corrected chi connectivity index (χ3v) is 3.96. The zero-order valence-corrected chi connectivity index (χ0v) is 11.7. The zero-order chi connectivity index (χ0) is 12.6. The number of carboxylic acids is 1. The Bertz CT molecular complexity index is 605. The molecule has 0 amide bonds. The molecule has 0 fully saturated rings. The molecule has 0 aromatic carbocycles. The van der Waals surface area contributed by atoms with Gasteiger partial charge in [-0.05, 0) is 12.1 Å². The first-order valence-electron chi connectivity index (χ1n) is 5.24. The minimum atomic E-state index is -1.36. The highest BCUT2D eigenvalue weighted by Crippen LogP contribution is 2.25. The van der Waals surface area contributed by atoms with Crippen molar-refractivity contribution in [1.29, 1.82) is 0 Å². The van der Waals surface area contributed by atoms with E-state index in [-0.39, 0.29) is 5.69 Å². The molecule has 0 spiro atoms. The minimum Gasteiger partial charge on any atom is -0.477 e. The van der Waals surface area contributed by atoms with Gasteiger partial charge in [-0.3, -0.25) is 0 Å². The summed E-state index contributed by atoms with van der Waals surface area (Å²) in [7, 11) is -1.36. The van der Waals surface area contributed by atoms with Crippen LogP contribution in [0.4, 0.5) is 0 Å². The Hall–Kier alpha value is -1.51. The number of carboxylic acid groups (broad SMARTS) is 1. The molecule has 0 bridgehead atoms. The predicted octanol–water partition coefficient (Wildman–Crippen LogP) is 3.16. The highest BCUT2D eigenvalue weighted by Gasteiger charge is 2.11. The van der Waals surface area contributed by atoms with Crippen LogP contribution in [-0.2, 0) is 0 Å². The summed E-state index contributed by atoms with van der Waals surface area (Å²) in [6.45, 7) is 6.59. The number of rotatable bonds is 1. The molecule has 3 nitrogen and oxygen atoms in total. The molecule has 2 rings (SSSR count). The van der Waals surface area contributed by atoms with Gasteiger partial charge in [0.1, 0.15) is 18.6 Å². The lowest BCUT2D eigenvalue weighted by atomic mass is 10.3. The van der Waals surface area contributed by atoms with Gasteiger partial charge in [0.2, 0.25) is 0 Å². The predicted molar refractivity (Wildman–Crippen MR) is 73.4 cm³/mol. The van der Waals surface area contributed by atoms with Crippen LogP contribution in [0, 0.1) is 11.5 Å². The fourth-order valence-corrected chi connectivity index (χ4v) is 2.85. The average Bonchev–Trinajstić information content (AvgIpc) is 2.69. The molecule has 0 saturated carbocycles. The molecule has 2 aromatic rings. The van der Waals surface area contributed by atoms with Crippen molar-refractivity contribution in [2.45, 2.75) is 19.6 Å². The van der Waals surface area contributed by atoms with Crippen LogP contribution >= 0.6 is 11.3 Å². The summed E-state index contributed by atoms with van der Waals surface area (Å²) >= 11 is 1.51. The summed E-state index contributed by atoms with van der Waals surface area (Å²) in [5.41, 5.74) is 3.53. The second-order valence-electron chi connectivity index (χ2n) is 4.88. The molecule has 0 aliphatic rings. The first kappa shape index (κ1) is 12.0.